The Kier molecular flexibility index (Phi) is 11.4. The first-order valence-corrected chi connectivity index (χ1v) is 13.4. The van der Waals surface area contributed by atoms with Gasteiger partial charge in [-0.3, -0.25) is 4.79 Å². The monoisotopic (exact) mass is 523 g/mol. The molecule has 0 saturated heterocycles. The second-order valence-corrected chi connectivity index (χ2v) is 9.53. The van der Waals surface area contributed by atoms with Crippen molar-refractivity contribution < 1.29 is 28.8 Å². The van der Waals surface area contributed by atoms with Crippen molar-refractivity contribution in [2.45, 2.75) is 57.8 Å². The Bertz CT molecular complexity index is 1090. The highest BCUT2D eigenvalue weighted by atomic mass is 16.5. The van der Waals surface area contributed by atoms with Gasteiger partial charge in [-0.2, -0.15) is 0 Å². The number of nitrogens with one attached hydrogen (secondary N) is 1. The van der Waals surface area contributed by atoms with E-state index in [9.17, 15) is 9.90 Å². The van der Waals surface area contributed by atoms with Gasteiger partial charge in [0.15, 0.2) is 23.0 Å². The van der Waals surface area contributed by atoms with Crippen molar-refractivity contribution in [3.05, 3.63) is 47.5 Å². The number of carbonyl (C=O) groups excluding carboxylic acids is 1. The molecule has 206 valence electrons. The molecular formula is C31H41NO6. The first-order chi connectivity index (χ1) is 18.5. The summed E-state index contributed by atoms with van der Waals surface area (Å²) in [6, 6.07) is 6.93. The van der Waals surface area contributed by atoms with Gasteiger partial charge in [0.25, 0.3) is 0 Å². The number of allylic oxidation sites excluding steroid dienone is 1. The van der Waals surface area contributed by atoms with Crippen molar-refractivity contribution >= 4 is 23.7 Å². The third kappa shape index (κ3) is 7.94. The first-order valence-electron chi connectivity index (χ1n) is 13.4. The second-order valence-electron chi connectivity index (χ2n) is 9.53. The van der Waals surface area contributed by atoms with Crippen LogP contribution < -0.4 is 24.3 Å². The van der Waals surface area contributed by atoms with Gasteiger partial charge in [-0.15, -0.1) is 0 Å². The molecule has 2 aromatic carbocycles. The molecule has 0 atom stereocenters. The minimum absolute atomic E-state index is 0.0518. The molecule has 2 aromatic rings. The zero-order valence-electron chi connectivity index (χ0n) is 23.0. The van der Waals surface area contributed by atoms with Crippen LogP contribution in [-0.4, -0.2) is 39.5 Å². The lowest BCUT2D eigenvalue weighted by Gasteiger charge is -2.16. The van der Waals surface area contributed by atoms with Crippen LogP contribution in [0, 0.1) is 5.92 Å². The van der Waals surface area contributed by atoms with Crippen LogP contribution in [0.3, 0.4) is 0 Å². The lowest BCUT2D eigenvalue weighted by atomic mass is 9.92. The quantitative estimate of drug-likeness (QED) is 0.266. The van der Waals surface area contributed by atoms with Crippen molar-refractivity contribution in [1.82, 2.24) is 0 Å². The normalized spacial score (nSPS) is 15.4. The number of hydrogen-bond donors (Lipinski definition) is 2. The fourth-order valence-electron chi connectivity index (χ4n) is 4.87. The molecule has 1 fully saturated rings. The fraction of sp³-hybridized carbons (Fsp3) is 0.452. The average Bonchev–Trinajstić information content (AvgIpc) is 2.94. The SMILES string of the molecule is COc1cc(/C=C\c2ccc(O)c(OC)c2NC(=O)/C=C/C2CCCCCCCCC2)cc(OC)c1OC. The number of hydrogen-bond acceptors (Lipinski definition) is 6. The van der Waals surface area contributed by atoms with Gasteiger partial charge in [0.05, 0.1) is 34.1 Å². The summed E-state index contributed by atoms with van der Waals surface area (Å²) < 4.78 is 21.7. The summed E-state index contributed by atoms with van der Waals surface area (Å²) >= 11 is 0. The average molecular weight is 524 g/mol. The number of benzene rings is 2. The minimum atomic E-state index is -0.256. The molecule has 0 aromatic heterocycles. The van der Waals surface area contributed by atoms with E-state index in [2.05, 4.69) is 5.32 Å². The standard InChI is InChI=1S/C31H41NO6/c1-35-26-20-23(21-27(36-2)31(26)38-4)14-16-24-17-18-25(33)30(37-3)29(24)32-28(34)19-15-22-12-10-8-6-5-7-9-11-13-22/h14-22,33H,5-13H2,1-4H3,(H,32,34)/b16-14-,19-15+. The van der Waals surface area contributed by atoms with Crippen LogP contribution in [0.2, 0.25) is 0 Å². The van der Waals surface area contributed by atoms with E-state index in [0.717, 1.165) is 18.4 Å². The molecule has 1 amide bonds. The van der Waals surface area contributed by atoms with Gasteiger partial charge in [-0.25, -0.2) is 0 Å². The molecule has 7 heteroatoms. The summed E-state index contributed by atoms with van der Waals surface area (Å²) in [7, 11) is 6.15. The number of carbonyl (C=O) groups is 1. The minimum Gasteiger partial charge on any atom is -0.504 e. The van der Waals surface area contributed by atoms with Crippen molar-refractivity contribution in [2.75, 3.05) is 33.8 Å². The summed E-state index contributed by atoms with van der Waals surface area (Å²) in [6.07, 6.45) is 18.5. The number of methoxy groups -OCH3 is 4. The Hall–Kier alpha value is -3.61. The summed E-state index contributed by atoms with van der Waals surface area (Å²) in [6.45, 7) is 0. The maximum Gasteiger partial charge on any atom is 0.248 e. The zero-order valence-corrected chi connectivity index (χ0v) is 23.0. The van der Waals surface area contributed by atoms with E-state index >= 15 is 0 Å². The Morgan fingerprint density at radius 2 is 1.39 bits per heavy atom. The Morgan fingerprint density at radius 1 is 0.816 bits per heavy atom. The van der Waals surface area contributed by atoms with E-state index in [1.807, 2.05) is 30.4 Å². The summed E-state index contributed by atoms with van der Waals surface area (Å²) in [5.74, 6) is 1.89. The Balaban J connectivity index is 1.83. The van der Waals surface area contributed by atoms with Crippen LogP contribution in [0.1, 0.15) is 68.9 Å². The van der Waals surface area contributed by atoms with Crippen molar-refractivity contribution in [3.63, 3.8) is 0 Å². The number of ether oxygens (including phenoxy) is 4. The summed E-state index contributed by atoms with van der Waals surface area (Å²) in [5, 5.41) is 13.3. The Labute approximate surface area is 226 Å². The molecule has 3 rings (SSSR count). The van der Waals surface area contributed by atoms with Gasteiger partial charge in [0.1, 0.15) is 0 Å². The Morgan fingerprint density at radius 3 is 1.95 bits per heavy atom. The number of anilines is 1. The molecule has 0 spiro atoms. The lowest BCUT2D eigenvalue weighted by molar-refractivity contribution is -0.112. The van der Waals surface area contributed by atoms with Gasteiger partial charge in [-0.05, 0) is 54.7 Å². The molecule has 0 heterocycles. The molecule has 38 heavy (non-hydrogen) atoms. The molecule has 1 saturated carbocycles. The van der Waals surface area contributed by atoms with Gasteiger partial charge in [0.2, 0.25) is 11.7 Å². The highest BCUT2D eigenvalue weighted by Gasteiger charge is 2.16. The van der Waals surface area contributed by atoms with Crippen LogP contribution in [0.25, 0.3) is 12.2 Å². The fourth-order valence-corrected chi connectivity index (χ4v) is 4.87. The molecule has 7 nitrogen and oxygen atoms in total. The molecule has 0 bridgehead atoms. The summed E-state index contributed by atoms with van der Waals surface area (Å²) in [4.78, 5) is 13.0. The highest BCUT2D eigenvalue weighted by molar-refractivity contribution is 6.02. The molecule has 0 aliphatic heterocycles. The first kappa shape index (κ1) is 29.0. The molecule has 2 N–H and O–H groups in total. The van der Waals surface area contributed by atoms with Crippen LogP contribution in [0.5, 0.6) is 28.7 Å². The van der Waals surface area contributed by atoms with Crippen molar-refractivity contribution in [1.29, 1.82) is 0 Å². The highest BCUT2D eigenvalue weighted by Crippen LogP contribution is 2.40. The smallest absolute Gasteiger partial charge is 0.248 e. The zero-order chi connectivity index (χ0) is 27.3. The number of amides is 1. The summed E-state index contributed by atoms with van der Waals surface area (Å²) in [5.41, 5.74) is 1.88. The van der Waals surface area contributed by atoms with Crippen molar-refractivity contribution in [3.8, 4) is 28.7 Å². The molecule has 1 aliphatic carbocycles. The second kappa shape index (κ2) is 15.0. The van der Waals surface area contributed by atoms with E-state index in [1.165, 1.54) is 52.1 Å². The van der Waals surface area contributed by atoms with Gasteiger partial charge in [-0.1, -0.05) is 63.2 Å². The van der Waals surface area contributed by atoms with E-state index in [-0.39, 0.29) is 17.4 Å². The van der Waals surface area contributed by atoms with Gasteiger partial charge in [0, 0.05) is 5.56 Å². The predicted octanol–water partition coefficient (Wildman–Crippen LogP) is 7.23. The van der Waals surface area contributed by atoms with Crippen LogP contribution in [-0.2, 0) is 4.79 Å². The van der Waals surface area contributed by atoms with E-state index in [4.69, 9.17) is 18.9 Å². The molecule has 0 radical (unpaired) electrons. The third-order valence-electron chi connectivity index (χ3n) is 6.93. The van der Waals surface area contributed by atoms with Crippen LogP contribution >= 0.6 is 0 Å². The van der Waals surface area contributed by atoms with E-state index < -0.39 is 0 Å². The van der Waals surface area contributed by atoms with Crippen LogP contribution in [0.15, 0.2) is 36.4 Å². The molecular weight excluding hydrogens is 482 g/mol. The van der Waals surface area contributed by atoms with E-state index in [1.54, 1.807) is 39.5 Å². The topological polar surface area (TPSA) is 86.2 Å². The van der Waals surface area contributed by atoms with Gasteiger partial charge < -0.3 is 29.4 Å². The number of rotatable bonds is 9. The van der Waals surface area contributed by atoms with Crippen molar-refractivity contribution in [2.24, 2.45) is 5.92 Å². The maximum absolute atomic E-state index is 13.0. The number of phenolic OH excluding ortho intramolecular Hbond substituents is 1. The molecule has 1 aliphatic rings. The predicted molar refractivity (Wildman–Crippen MR) is 152 cm³/mol. The molecule has 0 unspecified atom stereocenters. The van der Waals surface area contributed by atoms with E-state index in [0.29, 0.717) is 34.4 Å². The number of aromatic hydroxyl groups is 1. The maximum atomic E-state index is 13.0. The lowest BCUT2D eigenvalue weighted by Crippen LogP contribution is -2.11. The largest absolute Gasteiger partial charge is 0.504 e. The third-order valence-corrected chi connectivity index (χ3v) is 6.93. The van der Waals surface area contributed by atoms with Crippen LogP contribution in [0.4, 0.5) is 5.69 Å². The van der Waals surface area contributed by atoms with Gasteiger partial charge >= 0.3 is 0 Å². The number of phenols is 1.